The third kappa shape index (κ3) is 6.36. The highest BCUT2D eigenvalue weighted by Crippen LogP contribution is 2.60. The molecule has 0 aromatic carbocycles. The summed E-state index contributed by atoms with van der Waals surface area (Å²) in [5.74, 6) is 0.821. The smallest absolute Gasteiger partial charge is 0.404 e. The van der Waals surface area contributed by atoms with Gasteiger partial charge in [0.25, 0.3) is 5.91 Å². The molecule has 5 rings (SSSR count). The molecule has 6 N–H and O–H groups in total. The summed E-state index contributed by atoms with van der Waals surface area (Å²) in [6, 6.07) is -0.916. The minimum Gasteiger partial charge on any atom is -0.477 e. The second-order valence-electron chi connectivity index (χ2n) is 12.4. The summed E-state index contributed by atoms with van der Waals surface area (Å²) >= 11 is 0. The molecule has 4 fully saturated rings. The lowest BCUT2D eigenvalue weighted by Gasteiger charge is -2.59. The Kier molecular flexibility index (Phi) is 7.94. The van der Waals surface area contributed by atoms with Crippen LogP contribution in [0.25, 0.3) is 6.20 Å². The van der Waals surface area contributed by atoms with Gasteiger partial charge in [-0.15, -0.1) is 0 Å². The predicted molar refractivity (Wildman–Crippen MR) is 142 cm³/mol. The van der Waals surface area contributed by atoms with Crippen LogP contribution in [0.2, 0.25) is 0 Å². The SMILES string of the molecule is CC(C)COc1c(C(=O)NC2C3CC4CC2CC(COC(N)=O)(C4)C3)cnn1/C=C/C(C)(C)C(=O)NC(N)=O. The van der Waals surface area contributed by atoms with Crippen molar-refractivity contribution in [1.29, 1.82) is 0 Å². The molecular weight excluding hydrogens is 504 g/mol. The quantitative estimate of drug-likeness (QED) is 0.349. The van der Waals surface area contributed by atoms with Crippen molar-refractivity contribution < 1.29 is 28.7 Å². The fourth-order valence-electron chi connectivity index (χ4n) is 6.67. The Labute approximate surface area is 228 Å². The highest BCUT2D eigenvalue weighted by molar-refractivity contribution is 5.98. The maximum Gasteiger partial charge on any atom is 0.404 e. The number of nitrogens with two attached hydrogens (primary N) is 2. The average Bonchev–Trinajstić information content (AvgIpc) is 3.24. The van der Waals surface area contributed by atoms with Gasteiger partial charge in [-0.1, -0.05) is 19.9 Å². The van der Waals surface area contributed by atoms with Crippen molar-refractivity contribution in [3.63, 3.8) is 0 Å². The zero-order valence-corrected chi connectivity index (χ0v) is 23.1. The Hall–Kier alpha value is -3.57. The minimum absolute atomic E-state index is 0.0176. The van der Waals surface area contributed by atoms with Crippen LogP contribution in [0.15, 0.2) is 12.3 Å². The highest BCUT2D eigenvalue weighted by Gasteiger charge is 2.56. The maximum absolute atomic E-state index is 13.6. The zero-order valence-electron chi connectivity index (χ0n) is 23.1. The molecule has 4 bridgehead atoms. The number of imide groups is 1. The van der Waals surface area contributed by atoms with Crippen molar-refractivity contribution in [3.05, 3.63) is 17.8 Å². The van der Waals surface area contributed by atoms with E-state index in [9.17, 15) is 19.2 Å². The second-order valence-corrected chi connectivity index (χ2v) is 12.4. The van der Waals surface area contributed by atoms with E-state index < -0.39 is 23.4 Å². The molecule has 2 atom stereocenters. The van der Waals surface area contributed by atoms with Crippen LogP contribution < -0.4 is 26.8 Å². The number of nitrogens with zero attached hydrogens (tertiary/aromatic N) is 2. The third-order valence-electron chi connectivity index (χ3n) is 8.22. The summed E-state index contributed by atoms with van der Waals surface area (Å²) in [4.78, 5) is 48.3. The van der Waals surface area contributed by atoms with Crippen molar-refractivity contribution in [1.82, 2.24) is 20.4 Å². The molecule has 0 saturated heterocycles. The molecule has 1 aromatic rings. The van der Waals surface area contributed by atoms with Gasteiger partial charge in [0.2, 0.25) is 11.8 Å². The van der Waals surface area contributed by atoms with Gasteiger partial charge in [-0.3, -0.25) is 14.9 Å². The maximum atomic E-state index is 13.6. The first-order chi connectivity index (χ1) is 18.3. The Bertz CT molecular complexity index is 1140. The summed E-state index contributed by atoms with van der Waals surface area (Å²) in [5, 5.41) is 9.68. The van der Waals surface area contributed by atoms with Crippen molar-refractivity contribution in [2.24, 2.45) is 46.0 Å². The van der Waals surface area contributed by atoms with Crippen LogP contribution in [0, 0.1) is 34.5 Å². The average molecular weight is 545 g/mol. The van der Waals surface area contributed by atoms with Crippen LogP contribution >= 0.6 is 0 Å². The summed E-state index contributed by atoms with van der Waals surface area (Å²) in [6.07, 6.45) is 8.72. The standard InChI is InChI=1S/C27H40N6O6/c1-15(2)13-38-22-19(12-30-33(22)6-5-26(3,4)23(35)32-24(28)36)21(34)31-20-17-7-16-8-18(20)11-27(9-16,10-17)14-39-25(29)37/h5-6,12,15-18,20H,7-11,13-14H2,1-4H3,(H2,29,37)(H,31,34)(H3,28,32,35,36)/b6-5+. The number of urea groups is 1. The number of primary amides is 2. The first-order valence-corrected chi connectivity index (χ1v) is 13.5. The lowest BCUT2D eigenvalue weighted by Crippen LogP contribution is -2.60. The van der Waals surface area contributed by atoms with E-state index in [0.717, 1.165) is 32.1 Å². The van der Waals surface area contributed by atoms with Gasteiger partial charge in [-0.05, 0) is 69.6 Å². The van der Waals surface area contributed by atoms with Crippen molar-refractivity contribution in [3.8, 4) is 5.88 Å². The van der Waals surface area contributed by atoms with E-state index in [1.165, 1.54) is 10.9 Å². The molecule has 4 aliphatic carbocycles. The Morgan fingerprint density at radius 2 is 1.85 bits per heavy atom. The topological polar surface area (TPSA) is 181 Å². The van der Waals surface area contributed by atoms with E-state index in [4.69, 9.17) is 20.9 Å². The fraction of sp³-hybridized carbons (Fsp3) is 0.667. The molecule has 39 heavy (non-hydrogen) atoms. The summed E-state index contributed by atoms with van der Waals surface area (Å²) < 4.78 is 12.7. The monoisotopic (exact) mass is 544 g/mol. The number of amides is 5. The van der Waals surface area contributed by atoms with Gasteiger partial charge < -0.3 is 26.3 Å². The summed E-state index contributed by atoms with van der Waals surface area (Å²) in [6.45, 7) is 7.96. The van der Waals surface area contributed by atoms with Crippen LogP contribution in [0.3, 0.4) is 0 Å². The molecule has 0 aliphatic heterocycles. The number of hydrogen-bond donors (Lipinski definition) is 4. The number of aromatic nitrogens is 2. The van der Waals surface area contributed by atoms with Crippen LogP contribution in [0.1, 0.15) is 70.2 Å². The Morgan fingerprint density at radius 1 is 1.18 bits per heavy atom. The van der Waals surface area contributed by atoms with E-state index in [0.29, 0.717) is 36.5 Å². The van der Waals surface area contributed by atoms with Gasteiger partial charge in [0, 0.05) is 17.7 Å². The number of carbonyl (C=O) groups excluding carboxylic acids is 4. The Morgan fingerprint density at radius 3 is 2.44 bits per heavy atom. The van der Waals surface area contributed by atoms with E-state index in [2.05, 4.69) is 15.7 Å². The van der Waals surface area contributed by atoms with Crippen molar-refractivity contribution >= 4 is 30.1 Å². The molecule has 1 aromatic heterocycles. The predicted octanol–water partition coefficient (Wildman–Crippen LogP) is 2.63. The van der Waals surface area contributed by atoms with Gasteiger partial charge in [0.05, 0.1) is 24.8 Å². The molecule has 0 radical (unpaired) electrons. The van der Waals surface area contributed by atoms with Crippen LogP contribution in [0.4, 0.5) is 9.59 Å². The van der Waals surface area contributed by atoms with Gasteiger partial charge in [0.1, 0.15) is 5.56 Å². The van der Waals surface area contributed by atoms with Gasteiger partial charge in [-0.25, -0.2) is 14.3 Å². The number of hydrogen-bond acceptors (Lipinski definition) is 7. The molecular formula is C27H40N6O6. The molecule has 214 valence electrons. The zero-order chi connectivity index (χ0) is 28.5. The molecule has 1 heterocycles. The molecule has 4 saturated carbocycles. The largest absolute Gasteiger partial charge is 0.477 e. The van der Waals surface area contributed by atoms with Gasteiger partial charge >= 0.3 is 12.1 Å². The number of carbonyl (C=O) groups is 4. The van der Waals surface area contributed by atoms with E-state index in [1.807, 2.05) is 13.8 Å². The van der Waals surface area contributed by atoms with E-state index in [1.54, 1.807) is 26.1 Å². The fourth-order valence-corrected chi connectivity index (χ4v) is 6.67. The molecule has 4 aliphatic rings. The van der Waals surface area contributed by atoms with Gasteiger partial charge in [0.15, 0.2) is 0 Å². The first kappa shape index (κ1) is 28.4. The molecule has 12 nitrogen and oxygen atoms in total. The lowest BCUT2D eigenvalue weighted by atomic mass is 9.48. The van der Waals surface area contributed by atoms with E-state index in [-0.39, 0.29) is 29.2 Å². The van der Waals surface area contributed by atoms with Crippen LogP contribution in [-0.4, -0.2) is 53.0 Å². The summed E-state index contributed by atoms with van der Waals surface area (Å²) in [7, 11) is 0. The molecule has 12 heteroatoms. The van der Waals surface area contributed by atoms with Crippen molar-refractivity contribution in [2.45, 2.75) is 65.8 Å². The van der Waals surface area contributed by atoms with Crippen LogP contribution in [0.5, 0.6) is 5.88 Å². The number of rotatable bonds is 10. The minimum atomic E-state index is -1.08. The second kappa shape index (κ2) is 10.9. The lowest BCUT2D eigenvalue weighted by molar-refractivity contribution is -0.125. The molecule has 2 unspecified atom stereocenters. The Balaban J connectivity index is 1.51. The van der Waals surface area contributed by atoms with E-state index >= 15 is 0 Å². The molecule has 0 spiro atoms. The van der Waals surface area contributed by atoms with Crippen molar-refractivity contribution in [2.75, 3.05) is 13.2 Å². The normalized spacial score (nSPS) is 27.5. The third-order valence-corrected chi connectivity index (χ3v) is 8.22. The highest BCUT2D eigenvalue weighted by atomic mass is 16.5. The van der Waals surface area contributed by atoms with Gasteiger partial charge in [-0.2, -0.15) is 5.10 Å². The first-order valence-electron chi connectivity index (χ1n) is 13.5. The summed E-state index contributed by atoms with van der Waals surface area (Å²) in [5.41, 5.74) is 9.49. The number of nitrogens with one attached hydrogen (secondary N) is 2. The van der Waals surface area contributed by atoms with Crippen LogP contribution in [-0.2, 0) is 9.53 Å². The molecule has 5 amide bonds. The number of ether oxygens (including phenoxy) is 2.